The van der Waals surface area contributed by atoms with Crippen molar-refractivity contribution in [3.8, 4) is 0 Å². The molecule has 0 bridgehead atoms. The van der Waals surface area contributed by atoms with Crippen molar-refractivity contribution in [1.82, 2.24) is 0 Å². The summed E-state index contributed by atoms with van der Waals surface area (Å²) in [6.45, 7) is 5.45. The Labute approximate surface area is 91.8 Å². The molecule has 0 spiro atoms. The van der Waals surface area contributed by atoms with Crippen LogP contribution in [0.3, 0.4) is 0 Å². The van der Waals surface area contributed by atoms with E-state index in [2.05, 4.69) is 36.9 Å². The van der Waals surface area contributed by atoms with Crippen molar-refractivity contribution in [3.63, 3.8) is 0 Å². The third kappa shape index (κ3) is 2.93. The predicted molar refractivity (Wildman–Crippen MR) is 62.5 cm³/mol. The van der Waals surface area contributed by atoms with Crippen molar-refractivity contribution < 1.29 is 4.74 Å². The maximum absolute atomic E-state index is 5.68. The lowest BCUT2D eigenvalue weighted by molar-refractivity contribution is 0.0452. The first-order valence-electron chi connectivity index (χ1n) is 5.62. The van der Waals surface area contributed by atoms with Crippen LogP contribution in [0.1, 0.15) is 18.4 Å². The van der Waals surface area contributed by atoms with E-state index in [1.54, 1.807) is 0 Å². The van der Waals surface area contributed by atoms with Crippen molar-refractivity contribution in [2.24, 2.45) is 11.8 Å². The smallest absolute Gasteiger partial charge is 0.0717 e. The molecule has 80 valence electrons. The van der Waals surface area contributed by atoms with Gasteiger partial charge in [0.1, 0.15) is 0 Å². The first-order chi connectivity index (χ1) is 7.38. The lowest BCUT2D eigenvalue weighted by atomic mass is 9.75. The molecule has 2 rings (SSSR count). The van der Waals surface area contributed by atoms with Gasteiger partial charge >= 0.3 is 0 Å². The summed E-state index contributed by atoms with van der Waals surface area (Å²) in [6, 6.07) is 10.3. The molecule has 0 radical (unpaired) electrons. The number of ether oxygens (including phenoxy) is 1. The van der Waals surface area contributed by atoms with Crippen LogP contribution in [0, 0.1) is 11.8 Å². The van der Waals surface area contributed by atoms with E-state index in [0.29, 0.717) is 0 Å². The maximum atomic E-state index is 5.68. The minimum absolute atomic E-state index is 0.746. The van der Waals surface area contributed by atoms with E-state index < -0.39 is 0 Å². The zero-order valence-electron chi connectivity index (χ0n) is 9.06. The Kier molecular flexibility index (Phi) is 3.57. The van der Waals surface area contributed by atoms with Crippen LogP contribution in [0.4, 0.5) is 0 Å². The van der Waals surface area contributed by atoms with Crippen molar-refractivity contribution in [2.75, 3.05) is 6.61 Å². The van der Waals surface area contributed by atoms with E-state index in [0.717, 1.165) is 25.0 Å². The monoisotopic (exact) mass is 202 g/mol. The van der Waals surface area contributed by atoms with Crippen molar-refractivity contribution >= 4 is 0 Å². The normalized spacial score (nSPS) is 24.5. The van der Waals surface area contributed by atoms with Crippen molar-refractivity contribution in [1.29, 1.82) is 0 Å². The van der Waals surface area contributed by atoms with Crippen LogP contribution in [0.2, 0.25) is 0 Å². The molecular weight excluding hydrogens is 184 g/mol. The second kappa shape index (κ2) is 5.13. The van der Waals surface area contributed by atoms with Gasteiger partial charge in [-0.15, -0.1) is 6.58 Å². The zero-order chi connectivity index (χ0) is 10.5. The molecule has 1 aliphatic carbocycles. The number of hydrogen-bond donors (Lipinski definition) is 0. The van der Waals surface area contributed by atoms with E-state index in [9.17, 15) is 0 Å². The Balaban J connectivity index is 1.62. The summed E-state index contributed by atoms with van der Waals surface area (Å²) in [5.41, 5.74) is 1.26. The largest absolute Gasteiger partial charge is 0.376 e. The molecule has 15 heavy (non-hydrogen) atoms. The molecule has 1 aromatic rings. The van der Waals surface area contributed by atoms with Crippen molar-refractivity contribution in [2.45, 2.75) is 19.4 Å². The fourth-order valence-corrected chi connectivity index (χ4v) is 2.03. The topological polar surface area (TPSA) is 9.23 Å². The third-order valence-corrected chi connectivity index (χ3v) is 3.07. The van der Waals surface area contributed by atoms with Crippen LogP contribution in [-0.2, 0) is 11.3 Å². The predicted octanol–water partition coefficient (Wildman–Crippen LogP) is 3.42. The molecule has 1 aromatic carbocycles. The van der Waals surface area contributed by atoms with Crippen LogP contribution in [0.5, 0.6) is 0 Å². The van der Waals surface area contributed by atoms with E-state index in [-0.39, 0.29) is 0 Å². The third-order valence-electron chi connectivity index (χ3n) is 3.07. The summed E-state index contributed by atoms with van der Waals surface area (Å²) in [4.78, 5) is 0. The number of rotatable bonds is 5. The quantitative estimate of drug-likeness (QED) is 0.665. The Morgan fingerprint density at radius 2 is 2.00 bits per heavy atom. The molecule has 1 heteroatoms. The molecule has 0 heterocycles. The fraction of sp³-hybridized carbons (Fsp3) is 0.429. The van der Waals surface area contributed by atoms with Crippen LogP contribution in [-0.4, -0.2) is 6.61 Å². The second-order valence-electron chi connectivity index (χ2n) is 4.33. The molecule has 1 fully saturated rings. The number of hydrogen-bond acceptors (Lipinski definition) is 1. The van der Waals surface area contributed by atoms with E-state index in [1.165, 1.54) is 18.4 Å². The minimum atomic E-state index is 0.746. The van der Waals surface area contributed by atoms with Gasteiger partial charge in [-0.3, -0.25) is 0 Å². The van der Waals surface area contributed by atoms with E-state index in [1.807, 2.05) is 6.07 Å². The molecule has 0 aromatic heterocycles. The van der Waals surface area contributed by atoms with E-state index in [4.69, 9.17) is 4.74 Å². The molecule has 0 N–H and O–H groups in total. The average molecular weight is 202 g/mol. The Morgan fingerprint density at radius 1 is 1.27 bits per heavy atom. The van der Waals surface area contributed by atoms with Crippen LogP contribution in [0.15, 0.2) is 43.0 Å². The highest BCUT2D eigenvalue weighted by molar-refractivity contribution is 5.13. The molecular formula is C14H18O. The molecule has 0 saturated heterocycles. The van der Waals surface area contributed by atoms with Gasteiger partial charge in [0.05, 0.1) is 6.61 Å². The van der Waals surface area contributed by atoms with Gasteiger partial charge in [-0.1, -0.05) is 36.4 Å². The van der Waals surface area contributed by atoms with Crippen LogP contribution < -0.4 is 0 Å². The van der Waals surface area contributed by atoms with Gasteiger partial charge < -0.3 is 4.74 Å². The first-order valence-corrected chi connectivity index (χ1v) is 5.62. The highest BCUT2D eigenvalue weighted by atomic mass is 16.5. The summed E-state index contributed by atoms with van der Waals surface area (Å²) in [7, 11) is 0. The fourth-order valence-electron chi connectivity index (χ4n) is 2.03. The average Bonchev–Trinajstić information content (AvgIpc) is 2.23. The minimum Gasteiger partial charge on any atom is -0.376 e. The SMILES string of the molecule is C=CC1CC(COCc2ccccc2)C1. The van der Waals surface area contributed by atoms with Gasteiger partial charge in [-0.05, 0) is 30.2 Å². The molecule has 0 unspecified atom stereocenters. The molecule has 1 aliphatic rings. The van der Waals surface area contributed by atoms with Crippen LogP contribution >= 0.6 is 0 Å². The molecule has 1 saturated carbocycles. The standard InChI is InChI=1S/C14H18O/c1-2-12-8-14(9-12)11-15-10-13-6-4-3-5-7-13/h2-7,12,14H,1,8-11H2. The number of allylic oxidation sites excluding steroid dienone is 1. The van der Waals surface area contributed by atoms with Crippen molar-refractivity contribution in [3.05, 3.63) is 48.6 Å². The van der Waals surface area contributed by atoms with Crippen LogP contribution in [0.25, 0.3) is 0 Å². The highest BCUT2D eigenvalue weighted by Gasteiger charge is 2.26. The van der Waals surface area contributed by atoms with E-state index >= 15 is 0 Å². The van der Waals surface area contributed by atoms with Gasteiger partial charge in [0.2, 0.25) is 0 Å². The molecule has 1 nitrogen and oxygen atoms in total. The maximum Gasteiger partial charge on any atom is 0.0717 e. The first kappa shape index (κ1) is 10.4. The second-order valence-corrected chi connectivity index (χ2v) is 4.33. The summed E-state index contributed by atoms with van der Waals surface area (Å²) >= 11 is 0. The van der Waals surface area contributed by atoms with Gasteiger partial charge in [-0.2, -0.15) is 0 Å². The Bertz CT molecular complexity index is 298. The highest BCUT2D eigenvalue weighted by Crippen LogP contribution is 2.34. The lowest BCUT2D eigenvalue weighted by Gasteiger charge is -2.32. The van der Waals surface area contributed by atoms with Gasteiger partial charge in [0.15, 0.2) is 0 Å². The summed E-state index contributed by atoms with van der Waals surface area (Å²) < 4.78 is 5.68. The molecule has 0 aliphatic heterocycles. The Morgan fingerprint density at radius 3 is 2.67 bits per heavy atom. The molecule has 0 amide bonds. The number of benzene rings is 1. The summed E-state index contributed by atoms with van der Waals surface area (Å²) in [5, 5.41) is 0. The van der Waals surface area contributed by atoms with Gasteiger partial charge in [0, 0.05) is 6.61 Å². The lowest BCUT2D eigenvalue weighted by Crippen LogP contribution is -2.25. The Hall–Kier alpha value is -1.08. The summed E-state index contributed by atoms with van der Waals surface area (Å²) in [5.74, 6) is 1.51. The molecule has 0 atom stereocenters. The zero-order valence-corrected chi connectivity index (χ0v) is 9.06. The van der Waals surface area contributed by atoms with Gasteiger partial charge in [-0.25, -0.2) is 0 Å². The van der Waals surface area contributed by atoms with Gasteiger partial charge in [0.25, 0.3) is 0 Å². The summed E-state index contributed by atoms with van der Waals surface area (Å²) in [6.07, 6.45) is 4.59.